The summed E-state index contributed by atoms with van der Waals surface area (Å²) in [5.41, 5.74) is -2.90. The first-order valence-electron chi connectivity index (χ1n) is 10.1. The fraction of sp³-hybridized carbons (Fsp3) is 0.650. The van der Waals surface area contributed by atoms with E-state index in [1.54, 1.807) is 0 Å². The molecule has 170 valence electrons. The molecule has 30 heavy (non-hydrogen) atoms. The van der Waals surface area contributed by atoms with Crippen LogP contribution in [0.2, 0.25) is 0 Å². The van der Waals surface area contributed by atoms with Crippen molar-refractivity contribution < 1.29 is 21.6 Å². The highest BCUT2D eigenvalue weighted by Gasteiger charge is 2.50. The summed E-state index contributed by atoms with van der Waals surface area (Å²) in [6.07, 6.45) is 0.556. The summed E-state index contributed by atoms with van der Waals surface area (Å²) in [5.74, 6) is 0.564. The fourth-order valence-corrected chi connectivity index (χ4v) is 4.17. The predicted molar refractivity (Wildman–Crippen MR) is 113 cm³/mol. The SMILES string of the molecule is CCNC(=NCc1ccc(C(C)(C)C)cc1)NC1CCN(S(=O)(=O)C(F)(F)F)CC1. The molecule has 0 spiro atoms. The van der Waals surface area contributed by atoms with E-state index in [-0.39, 0.29) is 37.4 Å². The van der Waals surface area contributed by atoms with Gasteiger partial charge >= 0.3 is 15.5 Å². The van der Waals surface area contributed by atoms with Crippen molar-refractivity contribution in [1.29, 1.82) is 0 Å². The van der Waals surface area contributed by atoms with E-state index < -0.39 is 15.5 Å². The van der Waals surface area contributed by atoms with Gasteiger partial charge in [-0.3, -0.25) is 0 Å². The molecular formula is C20H31F3N4O2S. The summed E-state index contributed by atoms with van der Waals surface area (Å²) in [4.78, 5) is 4.56. The lowest BCUT2D eigenvalue weighted by Gasteiger charge is -2.32. The number of aliphatic imine (C=N–C) groups is 1. The van der Waals surface area contributed by atoms with Crippen LogP contribution in [0.4, 0.5) is 13.2 Å². The minimum Gasteiger partial charge on any atom is -0.357 e. The molecule has 1 aliphatic heterocycles. The Labute approximate surface area is 177 Å². The normalized spacial score (nSPS) is 17.8. The number of benzene rings is 1. The molecule has 2 N–H and O–H groups in total. The first-order chi connectivity index (χ1) is 13.8. The van der Waals surface area contributed by atoms with Crippen LogP contribution in [-0.4, -0.2) is 49.9 Å². The third-order valence-corrected chi connectivity index (χ3v) is 6.64. The molecule has 0 unspecified atom stereocenters. The van der Waals surface area contributed by atoms with Crippen molar-refractivity contribution >= 4 is 16.0 Å². The van der Waals surface area contributed by atoms with E-state index in [0.29, 0.717) is 23.4 Å². The Kier molecular flexibility index (Phi) is 7.79. The van der Waals surface area contributed by atoms with Gasteiger partial charge in [0.2, 0.25) is 0 Å². The Morgan fingerprint density at radius 2 is 1.70 bits per heavy atom. The van der Waals surface area contributed by atoms with Crippen LogP contribution in [0.3, 0.4) is 0 Å². The summed E-state index contributed by atoms with van der Waals surface area (Å²) in [7, 11) is -5.26. The minimum atomic E-state index is -5.26. The number of hydrogen-bond acceptors (Lipinski definition) is 3. The highest BCUT2D eigenvalue weighted by Crippen LogP contribution is 2.29. The Balaban J connectivity index is 1.96. The monoisotopic (exact) mass is 448 g/mol. The van der Waals surface area contributed by atoms with Crippen LogP contribution in [0.15, 0.2) is 29.3 Å². The molecule has 0 aliphatic carbocycles. The average Bonchev–Trinajstić information content (AvgIpc) is 2.65. The molecule has 6 nitrogen and oxygen atoms in total. The minimum absolute atomic E-state index is 0.0761. The number of nitrogens with zero attached hydrogens (tertiary/aromatic N) is 2. The van der Waals surface area contributed by atoms with Gasteiger partial charge in [0.1, 0.15) is 0 Å². The molecule has 1 aliphatic rings. The van der Waals surface area contributed by atoms with Crippen LogP contribution < -0.4 is 10.6 Å². The highest BCUT2D eigenvalue weighted by atomic mass is 32.2. The van der Waals surface area contributed by atoms with E-state index in [4.69, 9.17) is 0 Å². The van der Waals surface area contributed by atoms with Gasteiger partial charge < -0.3 is 10.6 Å². The largest absolute Gasteiger partial charge is 0.511 e. The van der Waals surface area contributed by atoms with Crippen molar-refractivity contribution in [3.63, 3.8) is 0 Å². The number of hydrogen-bond donors (Lipinski definition) is 2. The highest BCUT2D eigenvalue weighted by molar-refractivity contribution is 7.90. The molecule has 0 amide bonds. The van der Waals surface area contributed by atoms with Gasteiger partial charge in [-0.2, -0.15) is 17.5 Å². The van der Waals surface area contributed by atoms with E-state index in [1.807, 2.05) is 19.1 Å². The molecule has 1 heterocycles. The maximum atomic E-state index is 12.7. The first kappa shape index (κ1) is 24.5. The Morgan fingerprint density at radius 1 is 1.13 bits per heavy atom. The lowest BCUT2D eigenvalue weighted by atomic mass is 9.87. The van der Waals surface area contributed by atoms with Crippen LogP contribution in [0.25, 0.3) is 0 Å². The second kappa shape index (κ2) is 9.55. The molecular weight excluding hydrogens is 417 g/mol. The molecule has 10 heteroatoms. The van der Waals surface area contributed by atoms with Crippen molar-refractivity contribution in [2.24, 2.45) is 4.99 Å². The Morgan fingerprint density at radius 3 is 2.17 bits per heavy atom. The van der Waals surface area contributed by atoms with E-state index >= 15 is 0 Å². The summed E-state index contributed by atoms with van der Waals surface area (Å²) in [6.45, 7) is 9.13. The summed E-state index contributed by atoms with van der Waals surface area (Å²) < 4.78 is 61.7. The molecule has 0 radical (unpaired) electrons. The molecule has 0 bridgehead atoms. The third-order valence-electron chi connectivity index (χ3n) is 5.01. The van der Waals surface area contributed by atoms with Crippen molar-refractivity contribution in [2.45, 2.75) is 64.0 Å². The molecule has 1 aromatic carbocycles. The van der Waals surface area contributed by atoms with Crippen LogP contribution in [-0.2, 0) is 22.0 Å². The van der Waals surface area contributed by atoms with Crippen molar-refractivity contribution in [1.82, 2.24) is 14.9 Å². The van der Waals surface area contributed by atoms with Crippen molar-refractivity contribution in [2.75, 3.05) is 19.6 Å². The number of nitrogens with one attached hydrogen (secondary N) is 2. The zero-order valence-electron chi connectivity index (χ0n) is 17.9. The summed E-state index contributed by atoms with van der Waals surface area (Å²) in [6, 6.07) is 8.09. The molecule has 1 fully saturated rings. The van der Waals surface area contributed by atoms with Gasteiger partial charge in [-0.25, -0.2) is 13.4 Å². The smallest absolute Gasteiger partial charge is 0.357 e. The Bertz CT molecular complexity index is 823. The van der Waals surface area contributed by atoms with Gasteiger partial charge in [0, 0.05) is 25.7 Å². The Hall–Kier alpha value is -1.81. The first-order valence-corrected chi connectivity index (χ1v) is 11.5. The molecule has 2 rings (SSSR count). The van der Waals surface area contributed by atoms with Gasteiger partial charge in [0.15, 0.2) is 5.96 Å². The third kappa shape index (κ3) is 6.34. The lowest BCUT2D eigenvalue weighted by molar-refractivity contribution is -0.0494. The molecule has 1 saturated heterocycles. The van der Waals surface area contributed by atoms with E-state index in [1.165, 1.54) is 5.56 Å². The molecule has 1 aromatic rings. The summed E-state index contributed by atoms with van der Waals surface area (Å²) >= 11 is 0. The fourth-order valence-electron chi connectivity index (χ4n) is 3.18. The van der Waals surface area contributed by atoms with Gasteiger partial charge in [0.05, 0.1) is 6.54 Å². The quantitative estimate of drug-likeness (QED) is 0.535. The van der Waals surface area contributed by atoms with Gasteiger partial charge in [-0.05, 0) is 36.3 Å². The van der Waals surface area contributed by atoms with Crippen molar-refractivity contribution in [3.05, 3.63) is 35.4 Å². The van der Waals surface area contributed by atoms with E-state index in [9.17, 15) is 21.6 Å². The molecule has 0 saturated carbocycles. The van der Waals surface area contributed by atoms with Gasteiger partial charge in [-0.15, -0.1) is 0 Å². The zero-order valence-corrected chi connectivity index (χ0v) is 18.7. The standard InChI is InChI=1S/C20H31F3N4O2S/c1-5-24-18(25-14-15-6-8-16(9-7-15)19(2,3)4)26-17-10-12-27(13-11-17)30(28,29)20(21,22)23/h6-9,17H,5,10-14H2,1-4H3,(H2,24,25,26). The number of sulfonamides is 1. The summed E-state index contributed by atoms with van der Waals surface area (Å²) in [5, 5.41) is 6.34. The predicted octanol–water partition coefficient (Wildman–Crippen LogP) is 3.35. The van der Waals surface area contributed by atoms with Crippen molar-refractivity contribution in [3.8, 4) is 0 Å². The average molecular weight is 449 g/mol. The van der Waals surface area contributed by atoms with Crippen LogP contribution in [0.1, 0.15) is 51.7 Å². The number of piperidine rings is 1. The van der Waals surface area contributed by atoms with Gasteiger partial charge in [-0.1, -0.05) is 45.0 Å². The number of guanidine groups is 1. The van der Waals surface area contributed by atoms with E-state index in [2.05, 4.69) is 48.5 Å². The van der Waals surface area contributed by atoms with Gasteiger partial charge in [0.25, 0.3) is 0 Å². The van der Waals surface area contributed by atoms with E-state index in [0.717, 1.165) is 5.56 Å². The second-order valence-electron chi connectivity index (χ2n) is 8.41. The second-order valence-corrected chi connectivity index (χ2v) is 10.3. The molecule has 0 aromatic heterocycles. The van der Waals surface area contributed by atoms with Crippen LogP contribution >= 0.6 is 0 Å². The number of halogens is 3. The number of rotatable bonds is 5. The number of alkyl halides is 3. The topological polar surface area (TPSA) is 73.8 Å². The lowest BCUT2D eigenvalue weighted by Crippen LogP contribution is -2.51. The zero-order chi connectivity index (χ0) is 22.6. The molecule has 0 atom stereocenters. The maximum Gasteiger partial charge on any atom is 0.511 e. The van der Waals surface area contributed by atoms with Crippen LogP contribution in [0, 0.1) is 0 Å². The maximum absolute atomic E-state index is 12.7. The van der Waals surface area contributed by atoms with Crippen LogP contribution in [0.5, 0.6) is 0 Å².